The minimum absolute atomic E-state index is 0.134. The molecule has 4 heteroatoms. The van der Waals surface area contributed by atoms with E-state index in [0.717, 1.165) is 0 Å². The molecule has 13 heavy (non-hydrogen) atoms. The summed E-state index contributed by atoms with van der Waals surface area (Å²) in [5.74, 6) is -0.735. The Kier molecular flexibility index (Phi) is 3.27. The molecule has 0 aromatic rings. The van der Waals surface area contributed by atoms with Crippen molar-refractivity contribution in [2.75, 3.05) is 0 Å². The molecule has 4 nitrogen and oxygen atoms in total. The van der Waals surface area contributed by atoms with Crippen molar-refractivity contribution >= 4 is 5.97 Å². The summed E-state index contributed by atoms with van der Waals surface area (Å²) in [7, 11) is 0. The second kappa shape index (κ2) is 4.07. The molecule has 0 spiro atoms. The monoisotopic (exact) mass is 188 g/mol. The van der Waals surface area contributed by atoms with Crippen molar-refractivity contribution in [3.63, 3.8) is 0 Å². The molecule has 1 unspecified atom stereocenters. The molecule has 76 valence electrons. The SMILES string of the molecule is CC(C)C1C[C@@H](O)C[C@@H](C(=O)O)O1. The molecular formula is C9H16O4. The van der Waals surface area contributed by atoms with E-state index in [1.807, 2.05) is 13.8 Å². The van der Waals surface area contributed by atoms with Gasteiger partial charge in [-0.25, -0.2) is 4.79 Å². The van der Waals surface area contributed by atoms with Crippen molar-refractivity contribution in [1.82, 2.24) is 0 Å². The van der Waals surface area contributed by atoms with Crippen molar-refractivity contribution in [1.29, 1.82) is 0 Å². The topological polar surface area (TPSA) is 66.8 Å². The van der Waals surface area contributed by atoms with Crippen molar-refractivity contribution in [2.24, 2.45) is 5.92 Å². The lowest BCUT2D eigenvalue weighted by molar-refractivity contribution is -0.169. The van der Waals surface area contributed by atoms with E-state index < -0.39 is 18.2 Å². The number of aliphatic hydroxyl groups is 1. The van der Waals surface area contributed by atoms with Crippen LogP contribution < -0.4 is 0 Å². The van der Waals surface area contributed by atoms with Crippen LogP contribution in [0.15, 0.2) is 0 Å². The zero-order valence-electron chi connectivity index (χ0n) is 7.93. The van der Waals surface area contributed by atoms with Crippen molar-refractivity contribution < 1.29 is 19.7 Å². The molecule has 1 aliphatic heterocycles. The highest BCUT2D eigenvalue weighted by Gasteiger charge is 2.33. The summed E-state index contributed by atoms with van der Waals surface area (Å²) in [5, 5.41) is 18.1. The number of rotatable bonds is 2. The highest BCUT2D eigenvalue weighted by Crippen LogP contribution is 2.24. The Morgan fingerprint density at radius 2 is 2.08 bits per heavy atom. The van der Waals surface area contributed by atoms with Gasteiger partial charge in [-0.1, -0.05) is 13.8 Å². The van der Waals surface area contributed by atoms with E-state index in [1.54, 1.807) is 0 Å². The van der Waals surface area contributed by atoms with Gasteiger partial charge in [0.25, 0.3) is 0 Å². The third-order valence-corrected chi connectivity index (χ3v) is 2.35. The van der Waals surface area contributed by atoms with Crippen LogP contribution in [0.5, 0.6) is 0 Å². The van der Waals surface area contributed by atoms with Gasteiger partial charge in [0.15, 0.2) is 6.10 Å². The van der Waals surface area contributed by atoms with Crippen molar-refractivity contribution in [2.45, 2.75) is 45.0 Å². The van der Waals surface area contributed by atoms with Crippen LogP contribution in [0.25, 0.3) is 0 Å². The normalized spacial score (nSPS) is 34.9. The maximum atomic E-state index is 10.6. The Hall–Kier alpha value is -0.610. The van der Waals surface area contributed by atoms with E-state index in [0.29, 0.717) is 6.42 Å². The molecule has 0 aliphatic carbocycles. The maximum absolute atomic E-state index is 10.6. The zero-order valence-corrected chi connectivity index (χ0v) is 7.93. The number of aliphatic carboxylic acids is 1. The average molecular weight is 188 g/mol. The van der Waals surface area contributed by atoms with Crippen LogP contribution in [0.2, 0.25) is 0 Å². The molecule has 1 aliphatic rings. The van der Waals surface area contributed by atoms with Crippen LogP contribution >= 0.6 is 0 Å². The van der Waals surface area contributed by atoms with Crippen LogP contribution in [-0.2, 0) is 9.53 Å². The second-order valence-corrected chi connectivity index (χ2v) is 3.87. The molecule has 0 radical (unpaired) electrons. The Bertz CT molecular complexity index is 190. The van der Waals surface area contributed by atoms with Gasteiger partial charge in [0, 0.05) is 6.42 Å². The van der Waals surface area contributed by atoms with E-state index in [-0.39, 0.29) is 18.4 Å². The molecule has 0 bridgehead atoms. The predicted molar refractivity (Wildman–Crippen MR) is 46.4 cm³/mol. The molecule has 0 amide bonds. The van der Waals surface area contributed by atoms with Crippen LogP contribution in [0.1, 0.15) is 26.7 Å². The first kappa shape index (κ1) is 10.5. The average Bonchev–Trinajstić information content (AvgIpc) is 2.03. The van der Waals surface area contributed by atoms with Gasteiger partial charge < -0.3 is 14.9 Å². The molecule has 3 atom stereocenters. The van der Waals surface area contributed by atoms with Gasteiger partial charge in [0.2, 0.25) is 0 Å². The van der Waals surface area contributed by atoms with Crippen LogP contribution in [0.3, 0.4) is 0 Å². The number of aliphatic hydroxyl groups excluding tert-OH is 1. The highest BCUT2D eigenvalue weighted by atomic mass is 16.5. The van der Waals surface area contributed by atoms with E-state index in [9.17, 15) is 9.90 Å². The minimum Gasteiger partial charge on any atom is -0.479 e. The lowest BCUT2D eigenvalue weighted by Gasteiger charge is -2.33. The number of hydrogen-bond acceptors (Lipinski definition) is 3. The lowest BCUT2D eigenvalue weighted by atomic mass is 9.94. The van der Waals surface area contributed by atoms with Gasteiger partial charge in [0.1, 0.15) is 0 Å². The first-order chi connectivity index (χ1) is 6.00. The molecule has 1 saturated heterocycles. The largest absolute Gasteiger partial charge is 0.479 e. The fourth-order valence-corrected chi connectivity index (χ4v) is 1.52. The first-order valence-corrected chi connectivity index (χ1v) is 4.57. The van der Waals surface area contributed by atoms with Gasteiger partial charge >= 0.3 is 5.97 Å². The Morgan fingerprint density at radius 3 is 2.54 bits per heavy atom. The summed E-state index contributed by atoms with van der Waals surface area (Å²) < 4.78 is 5.32. The fraction of sp³-hybridized carbons (Fsp3) is 0.889. The Balaban J connectivity index is 2.57. The smallest absolute Gasteiger partial charge is 0.332 e. The molecule has 1 heterocycles. The summed E-state index contributed by atoms with van der Waals surface area (Å²) in [6.45, 7) is 3.92. The van der Waals surface area contributed by atoms with Gasteiger partial charge in [-0.2, -0.15) is 0 Å². The molecular weight excluding hydrogens is 172 g/mol. The van der Waals surface area contributed by atoms with Gasteiger partial charge in [0.05, 0.1) is 12.2 Å². The number of carboxylic acid groups (broad SMARTS) is 1. The van der Waals surface area contributed by atoms with E-state index in [1.165, 1.54) is 0 Å². The summed E-state index contributed by atoms with van der Waals surface area (Å²) in [6.07, 6.45) is -0.761. The molecule has 2 N–H and O–H groups in total. The number of carbonyl (C=O) groups is 1. The van der Waals surface area contributed by atoms with Crippen molar-refractivity contribution in [3.8, 4) is 0 Å². The Labute approximate surface area is 77.5 Å². The summed E-state index contributed by atoms with van der Waals surface area (Å²) in [6, 6.07) is 0. The quantitative estimate of drug-likeness (QED) is 0.667. The molecule has 0 aromatic heterocycles. The van der Waals surface area contributed by atoms with Gasteiger partial charge in [-0.3, -0.25) is 0 Å². The minimum atomic E-state index is -0.982. The number of ether oxygens (including phenoxy) is 1. The third kappa shape index (κ3) is 2.67. The van der Waals surface area contributed by atoms with Crippen LogP contribution in [0, 0.1) is 5.92 Å². The van der Waals surface area contributed by atoms with E-state index in [4.69, 9.17) is 9.84 Å². The summed E-state index contributed by atoms with van der Waals surface area (Å²) >= 11 is 0. The number of hydrogen-bond donors (Lipinski definition) is 2. The van der Waals surface area contributed by atoms with E-state index in [2.05, 4.69) is 0 Å². The molecule has 1 fully saturated rings. The first-order valence-electron chi connectivity index (χ1n) is 4.57. The molecule has 0 aromatic carbocycles. The van der Waals surface area contributed by atoms with Gasteiger partial charge in [-0.15, -0.1) is 0 Å². The lowest BCUT2D eigenvalue weighted by Crippen LogP contribution is -2.42. The highest BCUT2D eigenvalue weighted by molar-refractivity contribution is 5.72. The fourth-order valence-electron chi connectivity index (χ4n) is 1.52. The van der Waals surface area contributed by atoms with E-state index >= 15 is 0 Å². The number of carboxylic acids is 1. The summed E-state index contributed by atoms with van der Waals surface area (Å²) in [5.41, 5.74) is 0. The third-order valence-electron chi connectivity index (χ3n) is 2.35. The Morgan fingerprint density at radius 1 is 1.46 bits per heavy atom. The van der Waals surface area contributed by atoms with Crippen molar-refractivity contribution in [3.05, 3.63) is 0 Å². The van der Waals surface area contributed by atoms with Gasteiger partial charge in [-0.05, 0) is 12.3 Å². The molecule has 0 saturated carbocycles. The second-order valence-electron chi connectivity index (χ2n) is 3.87. The molecule has 1 rings (SSSR count). The zero-order chi connectivity index (χ0) is 10.0. The summed E-state index contributed by atoms with van der Waals surface area (Å²) in [4.78, 5) is 10.6. The van der Waals surface area contributed by atoms with Crippen LogP contribution in [-0.4, -0.2) is 34.5 Å². The standard InChI is InChI=1S/C9H16O4/c1-5(2)7-3-6(10)4-8(13-7)9(11)12/h5-8,10H,3-4H2,1-2H3,(H,11,12)/t6-,7?,8+/m1/s1. The van der Waals surface area contributed by atoms with Crippen LogP contribution in [0.4, 0.5) is 0 Å². The predicted octanol–water partition coefficient (Wildman–Crippen LogP) is 0.635. The maximum Gasteiger partial charge on any atom is 0.332 e.